The molecule has 178 valence electrons. The Kier molecular flexibility index (Phi) is 5.76. The Labute approximate surface area is 200 Å². The normalized spacial score (nSPS) is 23.9. The van der Waals surface area contributed by atoms with E-state index < -0.39 is 0 Å². The van der Waals surface area contributed by atoms with Gasteiger partial charge in [-0.1, -0.05) is 11.8 Å². The highest BCUT2D eigenvalue weighted by Crippen LogP contribution is 2.36. The van der Waals surface area contributed by atoms with Gasteiger partial charge in [0, 0.05) is 56.9 Å². The van der Waals surface area contributed by atoms with Crippen LogP contribution in [0.1, 0.15) is 23.6 Å². The second-order valence-corrected chi connectivity index (χ2v) is 10.0. The molecule has 3 aromatic heterocycles. The molecule has 3 aliphatic rings. The molecule has 3 aromatic rings. The number of ether oxygens (including phenoxy) is 2. The van der Waals surface area contributed by atoms with Gasteiger partial charge in [0.05, 0.1) is 40.1 Å². The molecule has 0 aliphatic carbocycles. The molecule has 1 saturated heterocycles. The Hall–Kier alpha value is -2.53. The first-order chi connectivity index (χ1) is 16.6. The van der Waals surface area contributed by atoms with Gasteiger partial charge in [0.25, 0.3) is 5.56 Å². The van der Waals surface area contributed by atoms with Crippen LogP contribution in [0.2, 0.25) is 0 Å². The maximum Gasteiger partial charge on any atom is 0.251 e. The molecule has 0 spiro atoms. The van der Waals surface area contributed by atoms with E-state index in [1.807, 2.05) is 0 Å². The lowest BCUT2D eigenvalue weighted by Crippen LogP contribution is -2.54. The number of nitrogens with zero attached hydrogens (tertiary/aromatic N) is 4. The van der Waals surface area contributed by atoms with E-state index in [1.165, 1.54) is 12.3 Å². The molecule has 6 heterocycles. The predicted octanol–water partition coefficient (Wildman–Crippen LogP) is 2.35. The van der Waals surface area contributed by atoms with Crippen molar-refractivity contribution >= 4 is 22.8 Å². The number of nitrogens with one attached hydrogen (secondary N) is 1. The van der Waals surface area contributed by atoms with Crippen LogP contribution in [-0.2, 0) is 17.8 Å². The summed E-state index contributed by atoms with van der Waals surface area (Å²) < 4.78 is 27.8. The maximum absolute atomic E-state index is 14.8. The van der Waals surface area contributed by atoms with E-state index in [0.29, 0.717) is 42.2 Å². The second kappa shape index (κ2) is 8.92. The largest absolute Gasteiger partial charge is 0.480 e. The van der Waals surface area contributed by atoms with Gasteiger partial charge in [-0.2, -0.15) is 0 Å². The number of rotatable bonds is 6. The fourth-order valence-corrected chi connectivity index (χ4v) is 6.19. The average Bonchev–Trinajstić information content (AvgIpc) is 3.47. The van der Waals surface area contributed by atoms with Crippen LogP contribution in [0.4, 0.5) is 4.39 Å². The fraction of sp³-hybridized carbons (Fsp3) is 0.458. The predicted molar refractivity (Wildman–Crippen MR) is 127 cm³/mol. The van der Waals surface area contributed by atoms with Crippen molar-refractivity contribution in [1.82, 2.24) is 24.8 Å². The first-order valence-electron chi connectivity index (χ1n) is 11.5. The van der Waals surface area contributed by atoms with E-state index in [-0.39, 0.29) is 29.4 Å². The first-order valence-corrected chi connectivity index (χ1v) is 12.5. The van der Waals surface area contributed by atoms with Crippen LogP contribution >= 0.6 is 11.8 Å². The molecule has 8 nitrogen and oxygen atoms in total. The van der Waals surface area contributed by atoms with Gasteiger partial charge in [-0.25, -0.2) is 4.39 Å². The van der Waals surface area contributed by atoms with Crippen LogP contribution in [0.3, 0.4) is 0 Å². The molecule has 3 atom stereocenters. The molecule has 1 unspecified atom stereocenters. The zero-order chi connectivity index (χ0) is 23.2. The molecule has 0 radical (unpaired) electrons. The average molecular weight is 484 g/mol. The van der Waals surface area contributed by atoms with E-state index in [4.69, 9.17) is 9.47 Å². The van der Waals surface area contributed by atoms with Crippen molar-refractivity contribution in [3.63, 3.8) is 0 Å². The minimum atomic E-state index is -0.334. The molecule has 1 fully saturated rings. The Morgan fingerprint density at radius 2 is 2.21 bits per heavy atom. The minimum Gasteiger partial charge on any atom is -0.480 e. The van der Waals surface area contributed by atoms with Crippen molar-refractivity contribution in [1.29, 1.82) is 0 Å². The molecular weight excluding hydrogens is 457 g/mol. The molecule has 1 N–H and O–H groups in total. The van der Waals surface area contributed by atoms with Gasteiger partial charge >= 0.3 is 0 Å². The number of hydrogen-bond donors (Lipinski definition) is 1. The molecule has 0 saturated carbocycles. The molecular formula is C24H26FN5O3S. The fourth-order valence-electron chi connectivity index (χ4n) is 5.40. The Morgan fingerprint density at radius 3 is 3.09 bits per heavy atom. The van der Waals surface area contributed by atoms with E-state index in [1.54, 1.807) is 35.7 Å². The van der Waals surface area contributed by atoms with Gasteiger partial charge in [0.1, 0.15) is 11.8 Å². The highest BCUT2D eigenvalue weighted by Gasteiger charge is 2.34. The number of aromatic nitrogens is 3. The summed E-state index contributed by atoms with van der Waals surface area (Å²) in [4.78, 5) is 24.5. The van der Waals surface area contributed by atoms with Crippen LogP contribution in [0.5, 0.6) is 5.75 Å². The Morgan fingerprint density at radius 1 is 1.29 bits per heavy atom. The van der Waals surface area contributed by atoms with Crippen molar-refractivity contribution in [2.75, 3.05) is 32.7 Å². The van der Waals surface area contributed by atoms with Gasteiger partial charge in [-0.3, -0.25) is 19.7 Å². The van der Waals surface area contributed by atoms with Crippen molar-refractivity contribution in [3.8, 4) is 5.75 Å². The van der Waals surface area contributed by atoms with E-state index >= 15 is 0 Å². The summed E-state index contributed by atoms with van der Waals surface area (Å²) in [6, 6.07) is 5.48. The topological polar surface area (TPSA) is 81.5 Å². The summed E-state index contributed by atoms with van der Waals surface area (Å²) >= 11 is 1.69. The van der Waals surface area contributed by atoms with Crippen molar-refractivity contribution in [2.24, 2.45) is 0 Å². The third-order valence-corrected chi connectivity index (χ3v) is 7.96. The molecule has 34 heavy (non-hydrogen) atoms. The molecule has 3 aliphatic heterocycles. The van der Waals surface area contributed by atoms with Gasteiger partial charge in [0.15, 0.2) is 5.75 Å². The highest BCUT2D eigenvalue weighted by atomic mass is 32.2. The van der Waals surface area contributed by atoms with E-state index in [9.17, 15) is 9.18 Å². The van der Waals surface area contributed by atoms with Crippen LogP contribution in [0, 0.1) is 5.82 Å². The first kappa shape index (κ1) is 22.0. The smallest absolute Gasteiger partial charge is 0.251 e. The molecule has 6 rings (SSSR count). The lowest BCUT2D eigenvalue weighted by Gasteiger charge is -2.39. The lowest BCUT2D eigenvalue weighted by atomic mass is 9.96. The Balaban J connectivity index is 1.12. The molecule has 10 heteroatoms. The summed E-state index contributed by atoms with van der Waals surface area (Å²) in [5.41, 5.74) is 2.80. The summed E-state index contributed by atoms with van der Waals surface area (Å²) in [7, 11) is 1.74. The summed E-state index contributed by atoms with van der Waals surface area (Å²) in [6.07, 6.45) is 3.99. The summed E-state index contributed by atoms with van der Waals surface area (Å²) in [5, 5.41) is 3.61. The Bertz CT molecular complexity index is 1300. The number of methoxy groups -OCH3 is 1. The number of halogens is 1. The molecule has 0 bridgehead atoms. The zero-order valence-corrected chi connectivity index (χ0v) is 19.7. The number of piperidine rings is 1. The van der Waals surface area contributed by atoms with Gasteiger partial charge in [-0.15, -0.1) is 0 Å². The van der Waals surface area contributed by atoms with Crippen LogP contribution in [0.15, 0.2) is 40.3 Å². The van der Waals surface area contributed by atoms with Crippen molar-refractivity contribution in [3.05, 3.63) is 58.0 Å². The summed E-state index contributed by atoms with van der Waals surface area (Å²) in [5.74, 6) is 1.09. The van der Waals surface area contributed by atoms with Crippen molar-refractivity contribution in [2.45, 2.75) is 42.5 Å². The number of likely N-dealkylation sites (tertiary alicyclic amines) is 1. The quantitative estimate of drug-likeness (QED) is 0.572. The minimum absolute atomic E-state index is 0.00897. The van der Waals surface area contributed by atoms with Crippen LogP contribution < -0.4 is 15.6 Å². The third-order valence-electron chi connectivity index (χ3n) is 7.09. The van der Waals surface area contributed by atoms with E-state index in [0.717, 1.165) is 35.8 Å². The number of thioether (sulfide) groups is 1. The van der Waals surface area contributed by atoms with Gasteiger partial charge in [0.2, 0.25) is 0 Å². The monoisotopic (exact) mass is 483 g/mol. The van der Waals surface area contributed by atoms with Crippen molar-refractivity contribution < 1.29 is 13.9 Å². The number of fused-ring (bicyclic) bond motifs is 1. The maximum atomic E-state index is 14.8. The molecule has 0 aromatic carbocycles. The van der Waals surface area contributed by atoms with Crippen LogP contribution in [0.25, 0.3) is 11.0 Å². The number of pyridine rings is 3. The standard InChI is InChI=1S/C24H26FN5O3S/c1-32-20-12-29(5-4-17(20)27-7-15-6-21-19(9-26-15)33-13-34-21)10-14-11-30-22(31)3-2-18-24(30)23(14)16(25)8-28-18/h2-3,6,8-9,14,17,20,27H,4-5,7,10-13H2,1H3/t14?,17-,20+/m0/s1. The lowest BCUT2D eigenvalue weighted by molar-refractivity contribution is 0.00324. The van der Waals surface area contributed by atoms with Gasteiger partial charge in [-0.05, 0) is 25.1 Å². The zero-order valence-electron chi connectivity index (χ0n) is 18.9. The highest BCUT2D eigenvalue weighted by molar-refractivity contribution is 7.99. The second-order valence-electron chi connectivity index (χ2n) is 9.07. The van der Waals surface area contributed by atoms with E-state index in [2.05, 4.69) is 26.3 Å². The number of hydrogen-bond acceptors (Lipinski definition) is 8. The van der Waals surface area contributed by atoms with Gasteiger partial charge < -0.3 is 19.4 Å². The SMILES string of the molecule is CO[C@@H]1CN(CC2Cn3c(=O)ccc4ncc(F)c2c43)CC[C@@H]1NCc1cc2c(cn1)OCS2. The van der Waals surface area contributed by atoms with Crippen LogP contribution in [-0.4, -0.2) is 64.3 Å². The summed E-state index contributed by atoms with van der Waals surface area (Å²) in [6.45, 7) is 3.44. The third kappa shape index (κ3) is 3.88. The molecule has 0 amide bonds.